The van der Waals surface area contributed by atoms with Crippen molar-refractivity contribution in [2.24, 2.45) is 0 Å². The van der Waals surface area contributed by atoms with Gasteiger partial charge in [-0.1, -0.05) is 6.07 Å². The van der Waals surface area contributed by atoms with E-state index < -0.39 is 0 Å². The zero-order valence-electron chi connectivity index (χ0n) is 9.48. The average Bonchev–Trinajstić information content (AvgIpc) is 2.38. The highest BCUT2D eigenvalue weighted by molar-refractivity contribution is 14.1. The Kier molecular flexibility index (Phi) is 4.19. The third-order valence-corrected chi connectivity index (χ3v) is 3.06. The largest absolute Gasteiger partial charge is 0.489 e. The first-order valence-electron chi connectivity index (χ1n) is 5.29. The van der Waals surface area contributed by atoms with E-state index in [2.05, 4.69) is 32.9 Å². The van der Waals surface area contributed by atoms with Crippen LogP contribution < -0.4 is 10.1 Å². The molecule has 0 fully saturated rings. The van der Waals surface area contributed by atoms with Crippen molar-refractivity contribution in [1.82, 2.24) is 4.98 Å². The van der Waals surface area contributed by atoms with Gasteiger partial charge in [-0.25, -0.2) is 4.98 Å². The molecule has 0 amide bonds. The van der Waals surface area contributed by atoms with E-state index in [0.29, 0.717) is 6.61 Å². The van der Waals surface area contributed by atoms with Crippen molar-refractivity contribution in [2.45, 2.75) is 6.61 Å². The lowest BCUT2D eigenvalue weighted by Gasteiger charge is -2.09. The molecule has 1 aromatic carbocycles. The van der Waals surface area contributed by atoms with E-state index in [9.17, 15) is 0 Å². The van der Waals surface area contributed by atoms with Gasteiger partial charge in [0.2, 0.25) is 0 Å². The molecule has 88 valence electrons. The lowest BCUT2D eigenvalue weighted by atomic mass is 10.2. The third-order valence-electron chi connectivity index (χ3n) is 2.34. The fraction of sp³-hybridized carbons (Fsp3) is 0.154. The summed E-state index contributed by atoms with van der Waals surface area (Å²) in [6, 6.07) is 11.9. The minimum atomic E-state index is 0.518. The minimum absolute atomic E-state index is 0.518. The molecule has 0 unspecified atom stereocenters. The van der Waals surface area contributed by atoms with Crippen molar-refractivity contribution in [2.75, 3.05) is 12.4 Å². The first-order chi connectivity index (χ1) is 8.29. The number of pyridine rings is 1. The summed E-state index contributed by atoms with van der Waals surface area (Å²) < 4.78 is 6.91. The smallest absolute Gasteiger partial charge is 0.132 e. The van der Waals surface area contributed by atoms with Crippen LogP contribution in [0.3, 0.4) is 0 Å². The van der Waals surface area contributed by atoms with Gasteiger partial charge in [0.1, 0.15) is 18.2 Å². The van der Waals surface area contributed by atoms with Crippen molar-refractivity contribution >= 4 is 28.4 Å². The molecule has 1 heterocycles. The van der Waals surface area contributed by atoms with Gasteiger partial charge < -0.3 is 10.1 Å². The second-order valence-electron chi connectivity index (χ2n) is 3.50. The normalized spacial score (nSPS) is 10.0. The van der Waals surface area contributed by atoms with Gasteiger partial charge in [-0.2, -0.15) is 0 Å². The number of nitrogens with zero attached hydrogens (tertiary/aromatic N) is 1. The van der Waals surface area contributed by atoms with Crippen LogP contribution in [0.4, 0.5) is 5.82 Å². The zero-order chi connectivity index (χ0) is 12.1. The van der Waals surface area contributed by atoms with E-state index >= 15 is 0 Å². The molecule has 0 aliphatic carbocycles. The molecule has 0 aliphatic rings. The topological polar surface area (TPSA) is 34.2 Å². The first-order valence-corrected chi connectivity index (χ1v) is 6.37. The van der Waals surface area contributed by atoms with E-state index in [-0.39, 0.29) is 0 Å². The zero-order valence-corrected chi connectivity index (χ0v) is 11.6. The van der Waals surface area contributed by atoms with Crippen LogP contribution in [0.2, 0.25) is 0 Å². The minimum Gasteiger partial charge on any atom is -0.489 e. The Hall–Kier alpha value is -1.30. The lowest BCUT2D eigenvalue weighted by Crippen LogP contribution is -2.02. The molecule has 3 nitrogen and oxygen atoms in total. The Balaban J connectivity index is 2.04. The van der Waals surface area contributed by atoms with Crippen molar-refractivity contribution in [3.8, 4) is 5.75 Å². The maximum atomic E-state index is 5.71. The number of nitrogens with one attached hydrogen (secondary N) is 1. The summed E-state index contributed by atoms with van der Waals surface area (Å²) in [5.41, 5.74) is 1.05. The van der Waals surface area contributed by atoms with Gasteiger partial charge in [-0.05, 0) is 52.9 Å². The second kappa shape index (κ2) is 5.86. The van der Waals surface area contributed by atoms with Crippen molar-refractivity contribution < 1.29 is 4.74 Å². The Morgan fingerprint density at radius 1 is 1.24 bits per heavy atom. The molecule has 0 aliphatic heterocycles. The van der Waals surface area contributed by atoms with Gasteiger partial charge in [0.15, 0.2) is 0 Å². The van der Waals surface area contributed by atoms with Crippen molar-refractivity contribution in [3.05, 3.63) is 51.7 Å². The molecule has 0 saturated carbocycles. The summed E-state index contributed by atoms with van der Waals surface area (Å²) >= 11 is 2.27. The number of rotatable bonds is 4. The predicted octanol–water partition coefficient (Wildman–Crippen LogP) is 3.31. The molecule has 1 aromatic heterocycles. The molecule has 0 bridgehead atoms. The standard InChI is InChI=1S/C13H13IN2O/c1-15-13-10(3-2-8-16-13)9-17-12-6-4-11(14)5-7-12/h2-8H,9H2,1H3,(H,15,16). The quantitative estimate of drug-likeness (QED) is 0.868. The van der Waals surface area contributed by atoms with Gasteiger partial charge in [-0.3, -0.25) is 0 Å². The SMILES string of the molecule is CNc1ncccc1COc1ccc(I)cc1. The Bertz CT molecular complexity index is 485. The molecule has 4 heteroatoms. The molecular weight excluding hydrogens is 327 g/mol. The number of hydrogen-bond donors (Lipinski definition) is 1. The monoisotopic (exact) mass is 340 g/mol. The maximum absolute atomic E-state index is 5.71. The summed E-state index contributed by atoms with van der Waals surface area (Å²) in [6.45, 7) is 0.518. The summed E-state index contributed by atoms with van der Waals surface area (Å²) in [6.07, 6.45) is 1.76. The molecule has 0 atom stereocenters. The molecule has 0 saturated heterocycles. The first kappa shape index (κ1) is 12.2. The summed E-state index contributed by atoms with van der Waals surface area (Å²) in [4.78, 5) is 4.23. The molecular formula is C13H13IN2O. The van der Waals surface area contributed by atoms with Crippen LogP contribution in [-0.4, -0.2) is 12.0 Å². The van der Waals surface area contributed by atoms with E-state index in [4.69, 9.17) is 4.74 Å². The van der Waals surface area contributed by atoms with Crippen LogP contribution in [0.1, 0.15) is 5.56 Å². The Morgan fingerprint density at radius 2 is 2.00 bits per heavy atom. The fourth-order valence-electron chi connectivity index (χ4n) is 1.47. The van der Waals surface area contributed by atoms with Gasteiger partial charge in [-0.15, -0.1) is 0 Å². The van der Waals surface area contributed by atoms with Crippen molar-refractivity contribution in [3.63, 3.8) is 0 Å². The molecule has 1 N–H and O–H groups in total. The van der Waals surface area contributed by atoms with Crippen LogP contribution >= 0.6 is 22.6 Å². The summed E-state index contributed by atoms with van der Waals surface area (Å²) in [5, 5.41) is 3.05. The van der Waals surface area contributed by atoms with Gasteiger partial charge in [0.25, 0.3) is 0 Å². The number of aromatic nitrogens is 1. The van der Waals surface area contributed by atoms with Crippen LogP contribution in [0.25, 0.3) is 0 Å². The average molecular weight is 340 g/mol. The van der Waals surface area contributed by atoms with Crippen LogP contribution in [0.5, 0.6) is 5.75 Å². The number of hydrogen-bond acceptors (Lipinski definition) is 3. The summed E-state index contributed by atoms with van der Waals surface area (Å²) in [5.74, 6) is 1.73. The number of ether oxygens (including phenoxy) is 1. The van der Waals surface area contributed by atoms with Crippen LogP contribution in [-0.2, 0) is 6.61 Å². The molecule has 17 heavy (non-hydrogen) atoms. The van der Waals surface area contributed by atoms with Crippen molar-refractivity contribution in [1.29, 1.82) is 0 Å². The Labute approximate surface area is 114 Å². The fourth-order valence-corrected chi connectivity index (χ4v) is 1.83. The van der Waals surface area contributed by atoms with E-state index in [1.165, 1.54) is 3.57 Å². The van der Waals surface area contributed by atoms with Gasteiger partial charge in [0.05, 0.1) is 0 Å². The highest BCUT2D eigenvalue weighted by Crippen LogP contribution is 2.17. The predicted molar refractivity (Wildman–Crippen MR) is 77.3 cm³/mol. The van der Waals surface area contributed by atoms with E-state index in [1.54, 1.807) is 6.20 Å². The highest BCUT2D eigenvalue weighted by Gasteiger charge is 2.02. The highest BCUT2D eigenvalue weighted by atomic mass is 127. The second-order valence-corrected chi connectivity index (χ2v) is 4.75. The van der Waals surface area contributed by atoms with Gasteiger partial charge >= 0.3 is 0 Å². The number of anilines is 1. The molecule has 0 radical (unpaired) electrons. The maximum Gasteiger partial charge on any atom is 0.132 e. The third kappa shape index (κ3) is 3.33. The Morgan fingerprint density at radius 3 is 2.71 bits per heavy atom. The molecule has 0 spiro atoms. The van der Waals surface area contributed by atoms with Crippen LogP contribution in [0.15, 0.2) is 42.6 Å². The number of halogens is 1. The molecule has 2 rings (SSSR count). The van der Waals surface area contributed by atoms with E-state index in [1.807, 2.05) is 43.4 Å². The van der Waals surface area contributed by atoms with Gasteiger partial charge in [0, 0.05) is 22.4 Å². The lowest BCUT2D eigenvalue weighted by molar-refractivity contribution is 0.306. The molecule has 2 aromatic rings. The number of benzene rings is 1. The summed E-state index contributed by atoms with van der Waals surface area (Å²) in [7, 11) is 1.86. The van der Waals surface area contributed by atoms with E-state index in [0.717, 1.165) is 17.1 Å². The van der Waals surface area contributed by atoms with Crippen LogP contribution in [0, 0.1) is 3.57 Å².